The lowest BCUT2D eigenvalue weighted by molar-refractivity contribution is 0.297. The molecule has 136 valence electrons. The molecule has 1 aliphatic rings. The molecule has 0 amide bonds. The number of aromatic nitrogens is 1. The average Bonchev–Trinajstić information content (AvgIpc) is 2.82. The van der Waals surface area contributed by atoms with Crippen molar-refractivity contribution in [1.82, 2.24) is 9.88 Å². The van der Waals surface area contributed by atoms with Crippen LogP contribution in [0.25, 0.3) is 10.9 Å². The maximum Gasteiger partial charge on any atom is 0.161 e. The number of hydrogen-bond acceptors (Lipinski definition) is 3. The molecule has 1 unspecified atom stereocenters. The van der Waals surface area contributed by atoms with E-state index in [2.05, 4.69) is 30.6 Å². The second kappa shape index (κ2) is 7.00. The topological polar surface area (TPSA) is 35.4 Å². The van der Waals surface area contributed by atoms with Gasteiger partial charge >= 0.3 is 0 Å². The molecular weight excluding hydrogens is 331 g/mol. The van der Waals surface area contributed by atoms with E-state index in [0.29, 0.717) is 19.8 Å². The lowest BCUT2D eigenvalue weighted by Crippen LogP contribution is -2.18. The van der Waals surface area contributed by atoms with E-state index in [9.17, 15) is 4.39 Å². The zero-order valence-electron chi connectivity index (χ0n) is 15.1. The van der Waals surface area contributed by atoms with Crippen molar-refractivity contribution in [2.45, 2.75) is 25.9 Å². The SMILES string of the molecule is CC(NCc1cn(C)c2cc(F)ccc12)c1ccc2c(c1)OCCCO2. The molecule has 2 aromatic carbocycles. The van der Waals surface area contributed by atoms with Crippen LogP contribution in [0.4, 0.5) is 4.39 Å². The van der Waals surface area contributed by atoms with Gasteiger partial charge in [-0.05, 0) is 48.4 Å². The van der Waals surface area contributed by atoms with E-state index in [1.807, 2.05) is 23.7 Å². The molecule has 1 aliphatic heterocycles. The molecule has 0 aliphatic carbocycles. The number of nitrogens with zero attached hydrogens (tertiary/aromatic N) is 1. The van der Waals surface area contributed by atoms with Gasteiger partial charge in [-0.2, -0.15) is 0 Å². The van der Waals surface area contributed by atoms with Crippen LogP contribution < -0.4 is 14.8 Å². The summed E-state index contributed by atoms with van der Waals surface area (Å²) in [6, 6.07) is 11.2. The van der Waals surface area contributed by atoms with E-state index >= 15 is 0 Å². The maximum atomic E-state index is 13.5. The van der Waals surface area contributed by atoms with E-state index in [1.54, 1.807) is 6.07 Å². The van der Waals surface area contributed by atoms with Gasteiger partial charge in [0.1, 0.15) is 5.82 Å². The maximum absolute atomic E-state index is 13.5. The first-order chi connectivity index (χ1) is 12.6. The molecule has 2 heterocycles. The molecule has 0 radical (unpaired) electrons. The molecule has 4 rings (SSSR count). The van der Waals surface area contributed by atoms with Gasteiger partial charge < -0.3 is 19.4 Å². The van der Waals surface area contributed by atoms with Crippen molar-refractivity contribution in [3.8, 4) is 11.5 Å². The van der Waals surface area contributed by atoms with Gasteiger partial charge in [-0.1, -0.05) is 6.07 Å². The summed E-state index contributed by atoms with van der Waals surface area (Å²) in [6.45, 7) is 4.22. The molecule has 1 N–H and O–H groups in total. The first-order valence-corrected chi connectivity index (χ1v) is 8.98. The van der Waals surface area contributed by atoms with Gasteiger partial charge in [-0.15, -0.1) is 0 Å². The van der Waals surface area contributed by atoms with E-state index in [1.165, 1.54) is 6.07 Å². The summed E-state index contributed by atoms with van der Waals surface area (Å²) in [6.07, 6.45) is 2.96. The largest absolute Gasteiger partial charge is 0.490 e. The monoisotopic (exact) mass is 354 g/mol. The fraction of sp³-hybridized carbons (Fsp3) is 0.333. The van der Waals surface area contributed by atoms with Crippen LogP contribution in [0.15, 0.2) is 42.6 Å². The van der Waals surface area contributed by atoms with Crippen molar-refractivity contribution in [1.29, 1.82) is 0 Å². The van der Waals surface area contributed by atoms with Gasteiger partial charge in [0.05, 0.1) is 18.7 Å². The van der Waals surface area contributed by atoms with Crippen LogP contribution in [0.5, 0.6) is 11.5 Å². The van der Waals surface area contributed by atoms with Crippen LogP contribution in [0.3, 0.4) is 0 Å². The molecule has 0 saturated carbocycles. The van der Waals surface area contributed by atoms with Gasteiger partial charge in [-0.3, -0.25) is 0 Å². The molecule has 0 fully saturated rings. The van der Waals surface area contributed by atoms with Crippen LogP contribution >= 0.6 is 0 Å². The second-order valence-corrected chi connectivity index (χ2v) is 6.79. The lowest BCUT2D eigenvalue weighted by atomic mass is 10.1. The molecule has 1 atom stereocenters. The van der Waals surface area contributed by atoms with Gasteiger partial charge in [0, 0.05) is 37.6 Å². The minimum absolute atomic E-state index is 0.155. The van der Waals surface area contributed by atoms with Crippen LogP contribution in [0.1, 0.15) is 30.5 Å². The summed E-state index contributed by atoms with van der Waals surface area (Å²) < 4.78 is 26.9. The van der Waals surface area contributed by atoms with E-state index in [-0.39, 0.29) is 11.9 Å². The van der Waals surface area contributed by atoms with Gasteiger partial charge in [-0.25, -0.2) is 4.39 Å². The van der Waals surface area contributed by atoms with Crippen molar-refractivity contribution >= 4 is 10.9 Å². The van der Waals surface area contributed by atoms with Gasteiger partial charge in [0.15, 0.2) is 11.5 Å². The number of nitrogens with one attached hydrogen (secondary N) is 1. The fourth-order valence-electron chi connectivity index (χ4n) is 3.41. The van der Waals surface area contributed by atoms with Crippen molar-refractivity contribution in [3.05, 3.63) is 59.5 Å². The molecule has 26 heavy (non-hydrogen) atoms. The zero-order valence-corrected chi connectivity index (χ0v) is 15.1. The van der Waals surface area contributed by atoms with Gasteiger partial charge in [0.25, 0.3) is 0 Å². The highest BCUT2D eigenvalue weighted by Crippen LogP contribution is 2.32. The smallest absolute Gasteiger partial charge is 0.161 e. The third kappa shape index (κ3) is 3.27. The third-order valence-electron chi connectivity index (χ3n) is 4.91. The number of fused-ring (bicyclic) bond motifs is 2. The quantitative estimate of drug-likeness (QED) is 0.757. The highest BCUT2D eigenvalue weighted by molar-refractivity contribution is 5.84. The van der Waals surface area contributed by atoms with Gasteiger partial charge in [0.2, 0.25) is 0 Å². The summed E-state index contributed by atoms with van der Waals surface area (Å²) in [5, 5.41) is 4.63. The van der Waals surface area contributed by atoms with Crippen molar-refractivity contribution in [2.24, 2.45) is 7.05 Å². The molecule has 5 heteroatoms. The molecule has 0 bridgehead atoms. The Labute approximate surface area is 152 Å². The number of benzene rings is 2. The van der Waals surface area contributed by atoms with E-state index < -0.39 is 0 Å². The minimum atomic E-state index is -0.209. The van der Waals surface area contributed by atoms with Crippen LogP contribution in [-0.2, 0) is 13.6 Å². The summed E-state index contributed by atoms with van der Waals surface area (Å²) >= 11 is 0. The molecule has 4 nitrogen and oxygen atoms in total. The molecule has 0 spiro atoms. The highest BCUT2D eigenvalue weighted by Gasteiger charge is 2.14. The Hall–Kier alpha value is -2.53. The summed E-state index contributed by atoms with van der Waals surface area (Å²) in [7, 11) is 1.94. The van der Waals surface area contributed by atoms with E-state index in [0.717, 1.165) is 39.9 Å². The fourth-order valence-corrected chi connectivity index (χ4v) is 3.41. The number of hydrogen-bond donors (Lipinski definition) is 1. The number of aryl methyl sites for hydroxylation is 1. The number of rotatable bonds is 4. The molecule has 3 aromatic rings. The van der Waals surface area contributed by atoms with Crippen LogP contribution in [0, 0.1) is 5.82 Å². The summed E-state index contributed by atoms with van der Waals surface area (Å²) in [5.41, 5.74) is 3.22. The summed E-state index contributed by atoms with van der Waals surface area (Å²) in [5.74, 6) is 1.42. The van der Waals surface area contributed by atoms with Crippen molar-refractivity contribution < 1.29 is 13.9 Å². The minimum Gasteiger partial charge on any atom is -0.490 e. The Morgan fingerprint density at radius 3 is 2.77 bits per heavy atom. The van der Waals surface area contributed by atoms with Crippen LogP contribution in [0.2, 0.25) is 0 Å². The average molecular weight is 354 g/mol. The number of ether oxygens (including phenoxy) is 2. The Bertz CT molecular complexity index is 935. The predicted molar refractivity (Wildman–Crippen MR) is 100 cm³/mol. The second-order valence-electron chi connectivity index (χ2n) is 6.79. The van der Waals surface area contributed by atoms with Crippen molar-refractivity contribution in [2.75, 3.05) is 13.2 Å². The predicted octanol–water partition coefficient (Wildman–Crippen LogP) is 4.33. The van der Waals surface area contributed by atoms with Crippen LogP contribution in [-0.4, -0.2) is 17.8 Å². The first kappa shape index (κ1) is 16.9. The van der Waals surface area contributed by atoms with Crippen molar-refractivity contribution in [3.63, 3.8) is 0 Å². The lowest BCUT2D eigenvalue weighted by Gasteiger charge is -2.16. The third-order valence-corrected chi connectivity index (χ3v) is 4.91. The molecular formula is C21H23FN2O2. The zero-order chi connectivity index (χ0) is 18.1. The molecule has 0 saturated heterocycles. The standard InChI is InChI=1S/C21H23FN2O2/c1-14(15-4-7-20-21(10-15)26-9-3-8-25-20)23-12-16-13-24(2)19-11-17(22)5-6-18(16)19/h4-7,10-11,13-14,23H,3,8-9,12H2,1-2H3. The highest BCUT2D eigenvalue weighted by atomic mass is 19.1. The summed E-state index contributed by atoms with van der Waals surface area (Å²) in [4.78, 5) is 0. The Balaban J connectivity index is 1.51. The van der Waals surface area contributed by atoms with E-state index in [4.69, 9.17) is 9.47 Å². The molecule has 1 aromatic heterocycles. The first-order valence-electron chi connectivity index (χ1n) is 8.98. The Morgan fingerprint density at radius 1 is 1.12 bits per heavy atom. The number of halogens is 1. The normalized spacial score (nSPS) is 15.0. The Kier molecular flexibility index (Phi) is 4.55. The Morgan fingerprint density at radius 2 is 1.92 bits per heavy atom.